The average Bonchev–Trinajstić information content (AvgIpc) is 2.94. The lowest BCUT2D eigenvalue weighted by atomic mass is 10.2. The summed E-state index contributed by atoms with van der Waals surface area (Å²) >= 11 is 3.36. The smallest absolute Gasteiger partial charge is 0.194 e. The summed E-state index contributed by atoms with van der Waals surface area (Å²) < 4.78 is 2.15. The van der Waals surface area contributed by atoms with Gasteiger partial charge in [-0.25, -0.2) is 4.98 Å². The van der Waals surface area contributed by atoms with Crippen molar-refractivity contribution in [2.75, 3.05) is 0 Å². The fraction of sp³-hybridized carbons (Fsp3) is 0.214. The van der Waals surface area contributed by atoms with Gasteiger partial charge in [-0.15, -0.1) is 11.3 Å². The molecule has 5 heteroatoms. The first-order valence-corrected chi connectivity index (χ1v) is 7.86. The molecule has 98 valence electrons. The van der Waals surface area contributed by atoms with Crippen molar-refractivity contribution in [3.63, 3.8) is 0 Å². The summed E-state index contributed by atoms with van der Waals surface area (Å²) in [5.41, 5.74) is 7.17. The zero-order valence-electron chi connectivity index (χ0n) is 10.6. The van der Waals surface area contributed by atoms with Crippen LogP contribution in [0, 0.1) is 0 Å². The molecule has 0 aliphatic rings. The molecule has 0 aliphatic heterocycles. The van der Waals surface area contributed by atoms with E-state index in [4.69, 9.17) is 10.7 Å². The van der Waals surface area contributed by atoms with Crippen molar-refractivity contribution in [1.82, 2.24) is 9.38 Å². The predicted octanol–water partition coefficient (Wildman–Crippen LogP) is 3.44. The largest absolute Gasteiger partial charge is 0.328 e. The van der Waals surface area contributed by atoms with Crippen LogP contribution in [0.25, 0.3) is 4.96 Å². The number of thiazole rings is 1. The van der Waals surface area contributed by atoms with Gasteiger partial charge >= 0.3 is 0 Å². The van der Waals surface area contributed by atoms with Crippen LogP contribution in [0.2, 0.25) is 0 Å². The second-order valence-electron chi connectivity index (χ2n) is 4.52. The highest BCUT2D eigenvalue weighted by molar-refractivity contribution is 7.99. The molecule has 0 radical (unpaired) electrons. The van der Waals surface area contributed by atoms with Crippen LogP contribution in [0.3, 0.4) is 0 Å². The Labute approximate surface area is 120 Å². The number of aromatic nitrogens is 2. The van der Waals surface area contributed by atoms with E-state index in [-0.39, 0.29) is 6.04 Å². The van der Waals surface area contributed by atoms with E-state index in [1.807, 2.05) is 25.1 Å². The molecule has 1 unspecified atom stereocenters. The van der Waals surface area contributed by atoms with E-state index in [1.165, 1.54) is 10.6 Å². The molecule has 2 heterocycles. The van der Waals surface area contributed by atoms with E-state index in [0.717, 1.165) is 16.4 Å². The van der Waals surface area contributed by atoms with Crippen molar-refractivity contribution in [3.8, 4) is 0 Å². The minimum absolute atomic E-state index is 0.134. The van der Waals surface area contributed by atoms with E-state index in [1.54, 1.807) is 23.1 Å². The van der Waals surface area contributed by atoms with Crippen molar-refractivity contribution in [2.45, 2.75) is 29.3 Å². The van der Waals surface area contributed by atoms with Gasteiger partial charge in [-0.2, -0.15) is 0 Å². The molecule has 1 atom stereocenters. The number of fused-ring (bicyclic) bond motifs is 1. The van der Waals surface area contributed by atoms with Crippen LogP contribution >= 0.6 is 23.1 Å². The van der Waals surface area contributed by atoms with Gasteiger partial charge in [0.2, 0.25) is 0 Å². The van der Waals surface area contributed by atoms with Crippen molar-refractivity contribution < 1.29 is 0 Å². The molecule has 3 rings (SSSR count). The van der Waals surface area contributed by atoms with Crippen LogP contribution in [-0.2, 0) is 6.42 Å². The second kappa shape index (κ2) is 5.36. The Morgan fingerprint density at radius 2 is 2.16 bits per heavy atom. The molecule has 2 aromatic heterocycles. The summed E-state index contributed by atoms with van der Waals surface area (Å²) in [5, 5.41) is 3.12. The quantitative estimate of drug-likeness (QED) is 0.800. The van der Waals surface area contributed by atoms with Crippen LogP contribution in [0.15, 0.2) is 51.8 Å². The van der Waals surface area contributed by atoms with Gasteiger partial charge in [0, 0.05) is 28.9 Å². The number of hydrogen-bond acceptors (Lipinski definition) is 4. The lowest BCUT2D eigenvalue weighted by molar-refractivity contribution is 0.706. The fourth-order valence-electron chi connectivity index (χ4n) is 1.99. The van der Waals surface area contributed by atoms with E-state index in [0.29, 0.717) is 0 Å². The molecule has 0 aliphatic carbocycles. The minimum atomic E-state index is 0.134. The van der Waals surface area contributed by atoms with Crippen LogP contribution in [0.1, 0.15) is 12.6 Å². The number of nitrogens with two attached hydrogens (primary N) is 1. The lowest BCUT2D eigenvalue weighted by Crippen LogP contribution is -2.19. The van der Waals surface area contributed by atoms with Crippen molar-refractivity contribution in [3.05, 3.63) is 47.6 Å². The molecule has 0 spiro atoms. The third-order valence-corrected chi connectivity index (χ3v) is 4.58. The van der Waals surface area contributed by atoms with Gasteiger partial charge in [0.15, 0.2) is 4.96 Å². The van der Waals surface area contributed by atoms with Crippen molar-refractivity contribution in [1.29, 1.82) is 0 Å². The molecule has 0 bridgehead atoms. The Bertz CT molecular complexity index is 670. The number of hydrogen-bond donors (Lipinski definition) is 1. The Morgan fingerprint density at radius 1 is 1.37 bits per heavy atom. The van der Waals surface area contributed by atoms with Gasteiger partial charge in [0.1, 0.15) is 5.03 Å². The highest BCUT2D eigenvalue weighted by Crippen LogP contribution is 2.32. The molecule has 0 saturated heterocycles. The highest BCUT2D eigenvalue weighted by Gasteiger charge is 2.15. The van der Waals surface area contributed by atoms with E-state index < -0.39 is 0 Å². The monoisotopic (exact) mass is 289 g/mol. The van der Waals surface area contributed by atoms with Gasteiger partial charge in [-0.05, 0) is 19.1 Å². The third-order valence-electron chi connectivity index (χ3n) is 2.80. The normalized spacial score (nSPS) is 12.9. The molecule has 2 N–H and O–H groups in total. The minimum Gasteiger partial charge on any atom is -0.328 e. The molecule has 3 aromatic rings. The van der Waals surface area contributed by atoms with Crippen LogP contribution in [0.4, 0.5) is 0 Å². The van der Waals surface area contributed by atoms with E-state index in [9.17, 15) is 0 Å². The van der Waals surface area contributed by atoms with Gasteiger partial charge in [0.05, 0.1) is 5.69 Å². The van der Waals surface area contributed by atoms with Gasteiger partial charge in [-0.3, -0.25) is 4.40 Å². The SMILES string of the molecule is CC(N)Cc1c(Sc2ccccc2)nc2sccn12. The summed E-state index contributed by atoms with van der Waals surface area (Å²) in [4.78, 5) is 6.95. The van der Waals surface area contributed by atoms with E-state index >= 15 is 0 Å². The summed E-state index contributed by atoms with van der Waals surface area (Å²) in [7, 11) is 0. The summed E-state index contributed by atoms with van der Waals surface area (Å²) in [6.07, 6.45) is 2.91. The molecule has 3 nitrogen and oxygen atoms in total. The van der Waals surface area contributed by atoms with Gasteiger partial charge in [0.25, 0.3) is 0 Å². The number of imidazole rings is 1. The molecular weight excluding hydrogens is 274 g/mol. The molecule has 0 fully saturated rings. The Morgan fingerprint density at radius 3 is 2.89 bits per heavy atom. The van der Waals surface area contributed by atoms with Crippen LogP contribution in [0.5, 0.6) is 0 Å². The standard InChI is InChI=1S/C14H15N3S2/c1-10(15)9-12-13(16-14-17(12)7-8-18-14)19-11-5-3-2-4-6-11/h2-8,10H,9,15H2,1H3. The maximum absolute atomic E-state index is 5.96. The van der Waals surface area contributed by atoms with Gasteiger partial charge < -0.3 is 5.73 Å². The third kappa shape index (κ3) is 2.68. The number of benzene rings is 1. The van der Waals surface area contributed by atoms with Gasteiger partial charge in [-0.1, -0.05) is 30.0 Å². The zero-order valence-corrected chi connectivity index (χ0v) is 12.2. The highest BCUT2D eigenvalue weighted by atomic mass is 32.2. The number of nitrogens with zero attached hydrogens (tertiary/aromatic N) is 2. The molecule has 19 heavy (non-hydrogen) atoms. The maximum atomic E-state index is 5.96. The lowest BCUT2D eigenvalue weighted by Gasteiger charge is -2.06. The fourth-order valence-corrected chi connectivity index (χ4v) is 3.72. The zero-order chi connectivity index (χ0) is 13.2. The second-order valence-corrected chi connectivity index (χ2v) is 6.45. The topological polar surface area (TPSA) is 43.3 Å². The average molecular weight is 289 g/mol. The Hall–Kier alpha value is -1.30. The molecule has 1 aromatic carbocycles. The first kappa shape index (κ1) is 12.7. The molecule has 0 amide bonds. The van der Waals surface area contributed by atoms with Crippen molar-refractivity contribution in [2.24, 2.45) is 5.73 Å². The Kier molecular flexibility index (Phi) is 3.59. The molecular formula is C14H15N3S2. The maximum Gasteiger partial charge on any atom is 0.194 e. The first-order chi connectivity index (χ1) is 9.24. The summed E-state index contributed by atoms with van der Waals surface area (Å²) in [6.45, 7) is 2.03. The summed E-state index contributed by atoms with van der Waals surface area (Å²) in [5.74, 6) is 0. The van der Waals surface area contributed by atoms with Crippen molar-refractivity contribution >= 4 is 28.1 Å². The van der Waals surface area contributed by atoms with Crippen LogP contribution < -0.4 is 5.73 Å². The van der Waals surface area contributed by atoms with E-state index in [2.05, 4.69) is 28.1 Å². The Balaban J connectivity index is 2.00. The molecule has 0 saturated carbocycles. The predicted molar refractivity (Wildman–Crippen MR) is 81.0 cm³/mol. The number of rotatable bonds is 4. The van der Waals surface area contributed by atoms with Crippen LogP contribution in [-0.4, -0.2) is 15.4 Å². The summed E-state index contributed by atoms with van der Waals surface area (Å²) in [6, 6.07) is 10.5. The first-order valence-electron chi connectivity index (χ1n) is 6.17.